The molecule has 0 spiro atoms. The Morgan fingerprint density at radius 3 is 2.71 bits per heavy atom. The second kappa shape index (κ2) is 8.31. The van der Waals surface area contributed by atoms with E-state index in [0.29, 0.717) is 16.3 Å². The molecule has 0 aliphatic rings. The molecule has 24 heavy (non-hydrogen) atoms. The highest BCUT2D eigenvalue weighted by molar-refractivity contribution is 7.08. The first-order chi connectivity index (χ1) is 11.4. The number of halogens is 1. The highest BCUT2D eigenvalue weighted by Crippen LogP contribution is 2.32. The van der Waals surface area contributed by atoms with Gasteiger partial charge in [0, 0.05) is 22.5 Å². The Kier molecular flexibility index (Phi) is 6.40. The molecular formula is C18H20ClNO3S. The highest BCUT2D eigenvalue weighted by atomic mass is 35.5. The lowest BCUT2D eigenvalue weighted by Crippen LogP contribution is -2.26. The van der Waals surface area contributed by atoms with Crippen LogP contribution in [0.4, 0.5) is 0 Å². The van der Waals surface area contributed by atoms with Gasteiger partial charge in [-0.15, -0.1) is 0 Å². The van der Waals surface area contributed by atoms with Gasteiger partial charge in [-0.25, -0.2) is 0 Å². The van der Waals surface area contributed by atoms with Crippen molar-refractivity contribution in [2.24, 2.45) is 0 Å². The molecule has 1 aromatic heterocycles. The third-order valence-electron chi connectivity index (χ3n) is 3.53. The van der Waals surface area contributed by atoms with Gasteiger partial charge in [-0.05, 0) is 47.5 Å². The molecule has 2 rings (SSSR count). The summed E-state index contributed by atoms with van der Waals surface area (Å²) in [5.74, 6) is 0.142. The highest BCUT2D eigenvalue weighted by Gasteiger charge is 2.15. The van der Waals surface area contributed by atoms with Gasteiger partial charge in [0.1, 0.15) is 5.75 Å². The van der Waals surface area contributed by atoms with E-state index in [-0.39, 0.29) is 30.8 Å². The summed E-state index contributed by atoms with van der Waals surface area (Å²) in [7, 11) is 0. The second-order valence-electron chi connectivity index (χ2n) is 5.79. The monoisotopic (exact) mass is 365 g/mol. The third kappa shape index (κ3) is 4.82. The zero-order chi connectivity index (χ0) is 17.7. The van der Waals surface area contributed by atoms with Gasteiger partial charge in [-0.3, -0.25) is 9.59 Å². The molecule has 0 atom stereocenters. The standard InChI is InChI=1S/C18H20ClNO3S/c1-11(2)14-9-15(19)12(3)8-16(14)23-17(21)4-6-20-18(22)13-5-7-24-10-13/h5,7-11H,4,6H2,1-3H3,(H,20,22). The number of carbonyl (C=O) groups excluding carboxylic acids is 2. The Bertz CT molecular complexity index is 726. The lowest BCUT2D eigenvalue weighted by atomic mass is 10.0. The maximum absolute atomic E-state index is 12.0. The summed E-state index contributed by atoms with van der Waals surface area (Å²) in [5, 5.41) is 6.96. The number of hydrogen-bond donors (Lipinski definition) is 1. The Balaban J connectivity index is 1.93. The van der Waals surface area contributed by atoms with E-state index in [0.717, 1.165) is 11.1 Å². The predicted molar refractivity (Wildman–Crippen MR) is 97.2 cm³/mol. The average Bonchev–Trinajstić information content (AvgIpc) is 3.04. The van der Waals surface area contributed by atoms with Crippen LogP contribution < -0.4 is 10.1 Å². The molecule has 2 aromatic rings. The molecule has 1 amide bonds. The molecule has 0 saturated carbocycles. The van der Waals surface area contributed by atoms with Crippen LogP contribution in [0.15, 0.2) is 29.0 Å². The number of carbonyl (C=O) groups is 2. The van der Waals surface area contributed by atoms with Gasteiger partial charge in [0.05, 0.1) is 6.42 Å². The summed E-state index contributed by atoms with van der Waals surface area (Å²) >= 11 is 7.60. The van der Waals surface area contributed by atoms with Crippen LogP contribution in [0, 0.1) is 6.92 Å². The molecule has 0 aliphatic heterocycles. The summed E-state index contributed by atoms with van der Waals surface area (Å²) in [6.45, 7) is 6.13. The molecular weight excluding hydrogens is 346 g/mol. The van der Waals surface area contributed by atoms with Crippen molar-refractivity contribution >= 4 is 34.8 Å². The summed E-state index contributed by atoms with van der Waals surface area (Å²) < 4.78 is 5.47. The fraction of sp³-hybridized carbons (Fsp3) is 0.333. The lowest BCUT2D eigenvalue weighted by Gasteiger charge is -2.15. The molecule has 0 fully saturated rings. The van der Waals surface area contributed by atoms with Crippen LogP contribution >= 0.6 is 22.9 Å². The molecule has 1 N–H and O–H groups in total. The lowest BCUT2D eigenvalue weighted by molar-refractivity contribution is -0.134. The molecule has 1 heterocycles. The number of esters is 1. The van der Waals surface area contributed by atoms with E-state index >= 15 is 0 Å². The van der Waals surface area contributed by atoms with Gasteiger partial charge in [0.2, 0.25) is 0 Å². The Morgan fingerprint density at radius 2 is 2.08 bits per heavy atom. The Morgan fingerprint density at radius 1 is 1.33 bits per heavy atom. The van der Waals surface area contributed by atoms with Gasteiger partial charge in [-0.2, -0.15) is 11.3 Å². The fourth-order valence-corrected chi connectivity index (χ4v) is 2.97. The van der Waals surface area contributed by atoms with Crippen molar-refractivity contribution in [1.82, 2.24) is 5.32 Å². The van der Waals surface area contributed by atoms with Gasteiger partial charge in [-0.1, -0.05) is 25.4 Å². The maximum Gasteiger partial charge on any atom is 0.312 e. The van der Waals surface area contributed by atoms with Crippen molar-refractivity contribution in [3.63, 3.8) is 0 Å². The maximum atomic E-state index is 12.0. The summed E-state index contributed by atoms with van der Waals surface area (Å²) in [6.07, 6.45) is 0.106. The van der Waals surface area contributed by atoms with Gasteiger partial charge >= 0.3 is 5.97 Å². The topological polar surface area (TPSA) is 55.4 Å². The third-order valence-corrected chi connectivity index (χ3v) is 4.63. The Hall–Kier alpha value is -1.85. The quantitative estimate of drug-likeness (QED) is 0.603. The van der Waals surface area contributed by atoms with Crippen molar-refractivity contribution < 1.29 is 14.3 Å². The fourth-order valence-electron chi connectivity index (χ4n) is 2.16. The number of aryl methyl sites for hydroxylation is 1. The molecule has 0 unspecified atom stereocenters. The number of hydrogen-bond acceptors (Lipinski definition) is 4. The summed E-state index contributed by atoms with van der Waals surface area (Å²) in [5.41, 5.74) is 2.35. The van der Waals surface area contributed by atoms with Crippen molar-refractivity contribution in [2.45, 2.75) is 33.1 Å². The molecule has 0 radical (unpaired) electrons. The van der Waals surface area contributed by atoms with Crippen LogP contribution in [-0.4, -0.2) is 18.4 Å². The number of rotatable bonds is 6. The minimum Gasteiger partial charge on any atom is -0.426 e. The van der Waals surface area contributed by atoms with E-state index in [2.05, 4.69) is 5.32 Å². The molecule has 1 aromatic carbocycles. The smallest absolute Gasteiger partial charge is 0.312 e. The molecule has 4 nitrogen and oxygen atoms in total. The average molecular weight is 366 g/mol. The second-order valence-corrected chi connectivity index (χ2v) is 6.97. The van der Waals surface area contributed by atoms with Crippen LogP contribution in [0.3, 0.4) is 0 Å². The van der Waals surface area contributed by atoms with E-state index in [4.69, 9.17) is 16.3 Å². The largest absolute Gasteiger partial charge is 0.426 e. The van der Waals surface area contributed by atoms with Crippen LogP contribution in [0.25, 0.3) is 0 Å². The Labute approximate surface area is 150 Å². The molecule has 0 aliphatic carbocycles. The minimum absolute atomic E-state index is 0.106. The van der Waals surface area contributed by atoms with Crippen molar-refractivity contribution in [3.8, 4) is 5.75 Å². The van der Waals surface area contributed by atoms with E-state index in [1.807, 2.05) is 32.2 Å². The predicted octanol–water partition coefficient (Wildman–Crippen LogP) is 4.56. The summed E-state index contributed by atoms with van der Waals surface area (Å²) in [4.78, 5) is 23.8. The van der Waals surface area contributed by atoms with E-state index in [1.54, 1.807) is 17.5 Å². The van der Waals surface area contributed by atoms with Gasteiger partial charge in [0.25, 0.3) is 5.91 Å². The number of nitrogens with one attached hydrogen (secondary N) is 1. The zero-order valence-corrected chi connectivity index (χ0v) is 15.5. The molecule has 0 saturated heterocycles. The summed E-state index contributed by atoms with van der Waals surface area (Å²) in [6, 6.07) is 5.35. The molecule has 0 bridgehead atoms. The number of benzene rings is 1. The number of thiophene rings is 1. The van der Waals surface area contributed by atoms with E-state index in [1.165, 1.54) is 11.3 Å². The van der Waals surface area contributed by atoms with E-state index < -0.39 is 0 Å². The SMILES string of the molecule is Cc1cc(OC(=O)CCNC(=O)c2ccsc2)c(C(C)C)cc1Cl. The van der Waals surface area contributed by atoms with E-state index in [9.17, 15) is 9.59 Å². The first-order valence-electron chi connectivity index (χ1n) is 7.69. The number of ether oxygens (including phenoxy) is 1. The van der Waals surface area contributed by atoms with Crippen LogP contribution in [-0.2, 0) is 4.79 Å². The molecule has 128 valence electrons. The van der Waals surface area contributed by atoms with Gasteiger partial charge < -0.3 is 10.1 Å². The first-order valence-corrected chi connectivity index (χ1v) is 9.01. The molecule has 6 heteroatoms. The van der Waals surface area contributed by atoms with Crippen molar-refractivity contribution in [2.75, 3.05) is 6.54 Å². The van der Waals surface area contributed by atoms with Crippen LogP contribution in [0.1, 0.15) is 47.7 Å². The van der Waals surface area contributed by atoms with Crippen LogP contribution in [0.5, 0.6) is 5.75 Å². The minimum atomic E-state index is -0.385. The number of amides is 1. The zero-order valence-electron chi connectivity index (χ0n) is 13.9. The van der Waals surface area contributed by atoms with Crippen molar-refractivity contribution in [3.05, 3.63) is 50.7 Å². The normalized spacial score (nSPS) is 10.7. The van der Waals surface area contributed by atoms with Gasteiger partial charge in [0.15, 0.2) is 0 Å². The van der Waals surface area contributed by atoms with Crippen molar-refractivity contribution in [1.29, 1.82) is 0 Å². The first kappa shape index (κ1) is 18.5. The van der Waals surface area contributed by atoms with Crippen LogP contribution in [0.2, 0.25) is 5.02 Å².